The maximum absolute atomic E-state index is 11.9. The standard InChI is InChI=1S/C12H19N3OS/c1-2-9(5-8-3-4-8)14-12(16)10-7-17-11(6-13)15-10/h7-9H,2-6,13H2,1H3,(H,14,16). The summed E-state index contributed by atoms with van der Waals surface area (Å²) in [5.41, 5.74) is 5.99. The number of nitrogens with zero attached hydrogens (tertiary/aromatic N) is 1. The molecule has 94 valence electrons. The van der Waals surface area contributed by atoms with Crippen LogP contribution in [0.1, 0.15) is 48.1 Å². The van der Waals surface area contributed by atoms with Gasteiger partial charge in [-0.1, -0.05) is 19.8 Å². The minimum Gasteiger partial charge on any atom is -0.348 e. The molecule has 1 fully saturated rings. The van der Waals surface area contributed by atoms with E-state index in [1.807, 2.05) is 0 Å². The first-order chi connectivity index (χ1) is 8.22. The van der Waals surface area contributed by atoms with Crippen LogP contribution in [0.5, 0.6) is 0 Å². The van der Waals surface area contributed by atoms with Gasteiger partial charge in [-0.2, -0.15) is 0 Å². The number of nitrogens with one attached hydrogen (secondary N) is 1. The van der Waals surface area contributed by atoms with Crippen molar-refractivity contribution >= 4 is 17.2 Å². The molecule has 1 atom stereocenters. The SMILES string of the molecule is CCC(CC1CC1)NC(=O)c1csc(CN)n1. The van der Waals surface area contributed by atoms with Crippen LogP contribution in [0, 0.1) is 5.92 Å². The second-order valence-corrected chi connectivity index (χ2v) is 5.53. The van der Waals surface area contributed by atoms with Crippen molar-refractivity contribution in [2.75, 3.05) is 0 Å². The summed E-state index contributed by atoms with van der Waals surface area (Å²) in [6, 6.07) is 0.290. The summed E-state index contributed by atoms with van der Waals surface area (Å²) >= 11 is 1.44. The van der Waals surface area contributed by atoms with Gasteiger partial charge in [-0.15, -0.1) is 11.3 Å². The average molecular weight is 253 g/mol. The number of carbonyl (C=O) groups is 1. The molecule has 1 aromatic heterocycles. The Labute approximate surface area is 106 Å². The second kappa shape index (κ2) is 5.60. The van der Waals surface area contributed by atoms with Gasteiger partial charge in [0.2, 0.25) is 0 Å². The number of aromatic nitrogens is 1. The van der Waals surface area contributed by atoms with Crippen LogP contribution in [-0.4, -0.2) is 16.9 Å². The van der Waals surface area contributed by atoms with E-state index in [0.29, 0.717) is 12.2 Å². The minimum absolute atomic E-state index is 0.0616. The topological polar surface area (TPSA) is 68.0 Å². The Bertz CT molecular complexity index is 387. The van der Waals surface area contributed by atoms with Gasteiger partial charge < -0.3 is 11.1 Å². The highest BCUT2D eigenvalue weighted by atomic mass is 32.1. The first kappa shape index (κ1) is 12.5. The number of carbonyl (C=O) groups excluding carboxylic acids is 1. The lowest BCUT2D eigenvalue weighted by Gasteiger charge is -2.15. The summed E-state index contributed by atoms with van der Waals surface area (Å²) in [5, 5.41) is 5.65. The van der Waals surface area contributed by atoms with E-state index in [0.717, 1.165) is 23.8 Å². The molecule has 1 aliphatic carbocycles. The molecule has 17 heavy (non-hydrogen) atoms. The van der Waals surface area contributed by atoms with Gasteiger partial charge in [0.05, 0.1) is 0 Å². The van der Waals surface area contributed by atoms with Gasteiger partial charge >= 0.3 is 0 Å². The number of thiazole rings is 1. The average Bonchev–Trinajstić information content (AvgIpc) is 3.02. The van der Waals surface area contributed by atoms with Crippen LogP contribution in [-0.2, 0) is 6.54 Å². The van der Waals surface area contributed by atoms with Gasteiger partial charge in [0.1, 0.15) is 10.7 Å². The van der Waals surface area contributed by atoms with Gasteiger partial charge in [-0.3, -0.25) is 4.79 Å². The number of hydrogen-bond acceptors (Lipinski definition) is 4. The third-order valence-electron chi connectivity index (χ3n) is 3.10. The van der Waals surface area contributed by atoms with Gasteiger partial charge in [-0.25, -0.2) is 4.98 Å². The van der Waals surface area contributed by atoms with Crippen molar-refractivity contribution in [3.8, 4) is 0 Å². The fourth-order valence-electron chi connectivity index (χ4n) is 1.85. The van der Waals surface area contributed by atoms with Crippen LogP contribution in [0.3, 0.4) is 0 Å². The molecule has 0 spiro atoms. The monoisotopic (exact) mass is 253 g/mol. The number of rotatable bonds is 6. The van der Waals surface area contributed by atoms with Gasteiger partial charge in [0.25, 0.3) is 5.91 Å². The molecule has 4 nitrogen and oxygen atoms in total. The number of hydrogen-bond donors (Lipinski definition) is 2. The zero-order chi connectivity index (χ0) is 12.3. The molecule has 3 N–H and O–H groups in total. The van der Waals surface area contributed by atoms with E-state index >= 15 is 0 Å². The zero-order valence-electron chi connectivity index (χ0n) is 10.1. The van der Waals surface area contributed by atoms with Gasteiger partial charge in [0.15, 0.2) is 0 Å². The van der Waals surface area contributed by atoms with Crippen molar-refractivity contribution in [2.24, 2.45) is 11.7 Å². The van der Waals surface area contributed by atoms with Crippen molar-refractivity contribution < 1.29 is 4.79 Å². The summed E-state index contributed by atoms with van der Waals surface area (Å²) in [5.74, 6) is 0.767. The Kier molecular flexibility index (Phi) is 4.12. The van der Waals surface area contributed by atoms with Crippen molar-refractivity contribution in [1.82, 2.24) is 10.3 Å². The molecule has 0 aliphatic heterocycles. The summed E-state index contributed by atoms with van der Waals surface area (Å²) in [4.78, 5) is 16.1. The molecule has 1 unspecified atom stereocenters. The summed E-state index contributed by atoms with van der Waals surface area (Å²) < 4.78 is 0. The summed E-state index contributed by atoms with van der Waals surface area (Å²) in [6.45, 7) is 2.51. The van der Waals surface area contributed by atoms with Crippen LogP contribution >= 0.6 is 11.3 Å². The Morgan fingerprint density at radius 1 is 1.71 bits per heavy atom. The number of amides is 1. The molecule has 0 bridgehead atoms. The fourth-order valence-corrected chi connectivity index (χ4v) is 2.51. The van der Waals surface area contributed by atoms with Crippen molar-refractivity contribution in [3.63, 3.8) is 0 Å². The highest BCUT2D eigenvalue weighted by Gasteiger charge is 2.26. The van der Waals surface area contributed by atoms with Crippen LogP contribution in [0.15, 0.2) is 5.38 Å². The van der Waals surface area contributed by atoms with E-state index in [2.05, 4.69) is 17.2 Å². The van der Waals surface area contributed by atoms with E-state index in [4.69, 9.17) is 5.73 Å². The van der Waals surface area contributed by atoms with Crippen LogP contribution in [0.25, 0.3) is 0 Å². The third kappa shape index (κ3) is 3.51. The molecule has 1 heterocycles. The van der Waals surface area contributed by atoms with E-state index in [1.54, 1.807) is 5.38 Å². The van der Waals surface area contributed by atoms with Crippen molar-refractivity contribution in [2.45, 2.75) is 45.2 Å². The van der Waals surface area contributed by atoms with Crippen molar-refractivity contribution in [1.29, 1.82) is 0 Å². The maximum Gasteiger partial charge on any atom is 0.270 e. The quantitative estimate of drug-likeness (QED) is 0.813. The molecule has 5 heteroatoms. The molecule has 1 saturated carbocycles. The van der Waals surface area contributed by atoms with E-state index in [1.165, 1.54) is 24.2 Å². The van der Waals surface area contributed by atoms with Crippen LogP contribution in [0.2, 0.25) is 0 Å². The normalized spacial score (nSPS) is 16.8. The third-order valence-corrected chi connectivity index (χ3v) is 3.97. The maximum atomic E-state index is 11.9. The smallest absolute Gasteiger partial charge is 0.270 e. The van der Waals surface area contributed by atoms with Gasteiger partial charge in [-0.05, 0) is 18.8 Å². The molecule has 1 amide bonds. The Morgan fingerprint density at radius 3 is 3.00 bits per heavy atom. The lowest BCUT2D eigenvalue weighted by molar-refractivity contribution is 0.0928. The first-order valence-corrected chi connectivity index (χ1v) is 7.06. The van der Waals surface area contributed by atoms with E-state index < -0.39 is 0 Å². The molecule has 2 rings (SSSR count). The Hall–Kier alpha value is -0.940. The highest BCUT2D eigenvalue weighted by Crippen LogP contribution is 2.34. The molecular weight excluding hydrogens is 234 g/mol. The summed E-state index contributed by atoms with van der Waals surface area (Å²) in [6.07, 6.45) is 4.73. The zero-order valence-corrected chi connectivity index (χ0v) is 10.9. The van der Waals surface area contributed by atoms with Crippen LogP contribution < -0.4 is 11.1 Å². The van der Waals surface area contributed by atoms with Gasteiger partial charge in [0, 0.05) is 18.0 Å². The highest BCUT2D eigenvalue weighted by molar-refractivity contribution is 7.09. The van der Waals surface area contributed by atoms with E-state index in [-0.39, 0.29) is 11.9 Å². The first-order valence-electron chi connectivity index (χ1n) is 6.18. The lowest BCUT2D eigenvalue weighted by Crippen LogP contribution is -2.35. The Balaban J connectivity index is 1.89. The molecule has 1 aliphatic rings. The lowest BCUT2D eigenvalue weighted by atomic mass is 10.1. The van der Waals surface area contributed by atoms with Crippen molar-refractivity contribution in [3.05, 3.63) is 16.1 Å². The second-order valence-electron chi connectivity index (χ2n) is 4.59. The molecule has 1 aromatic rings. The molecule has 0 saturated heterocycles. The minimum atomic E-state index is -0.0616. The fraction of sp³-hybridized carbons (Fsp3) is 0.667. The predicted molar refractivity (Wildman–Crippen MR) is 68.9 cm³/mol. The van der Waals surface area contributed by atoms with Crippen LogP contribution in [0.4, 0.5) is 0 Å². The largest absolute Gasteiger partial charge is 0.348 e. The predicted octanol–water partition coefficient (Wildman–Crippen LogP) is 1.91. The Morgan fingerprint density at radius 2 is 2.47 bits per heavy atom. The van der Waals surface area contributed by atoms with E-state index in [9.17, 15) is 4.79 Å². The molecule has 0 aromatic carbocycles. The molecule has 0 radical (unpaired) electrons. The number of nitrogens with two attached hydrogens (primary N) is 1. The summed E-state index contributed by atoms with van der Waals surface area (Å²) in [7, 11) is 0. The molecular formula is C12H19N3OS.